The van der Waals surface area contributed by atoms with Crippen molar-refractivity contribution in [3.63, 3.8) is 0 Å². The Bertz CT molecular complexity index is 824. The number of carbonyl (C=O) groups is 2. The summed E-state index contributed by atoms with van der Waals surface area (Å²) in [5, 5.41) is 4.50. The lowest BCUT2D eigenvalue weighted by molar-refractivity contribution is -0.137. The number of halogens is 1. The maximum absolute atomic E-state index is 12.5. The molecule has 1 aliphatic rings. The number of piperidine rings is 1. The molecule has 1 aliphatic heterocycles. The van der Waals surface area contributed by atoms with Gasteiger partial charge in [0, 0.05) is 13.1 Å². The van der Waals surface area contributed by atoms with Crippen LogP contribution in [-0.2, 0) is 9.53 Å². The number of carbonyl (C=O) groups excluding carboxylic acids is 2. The molecule has 1 saturated heterocycles. The van der Waals surface area contributed by atoms with Crippen LogP contribution in [0.5, 0.6) is 0 Å². The van der Waals surface area contributed by atoms with E-state index in [9.17, 15) is 9.59 Å². The summed E-state index contributed by atoms with van der Waals surface area (Å²) in [6.45, 7) is 7.06. The number of aromatic nitrogens is 2. The summed E-state index contributed by atoms with van der Waals surface area (Å²) in [6, 6.07) is 9.29. The third-order valence-corrected chi connectivity index (χ3v) is 5.11. The normalized spacial score (nSPS) is 19.8. The molecule has 2 heterocycles. The van der Waals surface area contributed by atoms with Crippen molar-refractivity contribution in [3.8, 4) is 5.69 Å². The zero-order chi connectivity index (χ0) is 19.6. The van der Waals surface area contributed by atoms with Gasteiger partial charge in [0.2, 0.25) is 0 Å². The summed E-state index contributed by atoms with van der Waals surface area (Å²) < 4.78 is 6.75. The number of amides is 1. The molecule has 1 aromatic heterocycles. The van der Waals surface area contributed by atoms with Crippen LogP contribution in [-0.4, -0.2) is 46.3 Å². The largest absolute Gasteiger partial charge is 0.452 e. The first-order valence-corrected chi connectivity index (χ1v) is 9.50. The molecule has 0 unspecified atom stereocenters. The minimum atomic E-state index is -0.633. The maximum Gasteiger partial charge on any atom is 0.343 e. The quantitative estimate of drug-likeness (QED) is 0.751. The molecule has 0 radical (unpaired) electrons. The van der Waals surface area contributed by atoms with Crippen molar-refractivity contribution in [2.75, 3.05) is 19.7 Å². The Morgan fingerprint density at radius 2 is 1.81 bits per heavy atom. The van der Waals surface area contributed by atoms with Gasteiger partial charge in [0.1, 0.15) is 10.7 Å². The SMILES string of the molecule is Cc1nn(-c2ccccc2)c(Cl)c1C(=O)OCC(=O)N1C[C@@H](C)C[C@H](C)C1. The Morgan fingerprint density at radius 3 is 2.44 bits per heavy atom. The van der Waals surface area contributed by atoms with Gasteiger partial charge in [-0.05, 0) is 37.3 Å². The van der Waals surface area contributed by atoms with E-state index in [1.54, 1.807) is 11.8 Å². The van der Waals surface area contributed by atoms with E-state index < -0.39 is 5.97 Å². The second kappa shape index (κ2) is 8.13. The number of esters is 1. The smallest absolute Gasteiger partial charge is 0.343 e. The predicted molar refractivity (Wildman–Crippen MR) is 103 cm³/mol. The molecule has 1 amide bonds. The van der Waals surface area contributed by atoms with Crippen molar-refractivity contribution in [1.29, 1.82) is 0 Å². The predicted octanol–water partition coefficient (Wildman–Crippen LogP) is 3.50. The van der Waals surface area contributed by atoms with Gasteiger partial charge in [0.05, 0.1) is 11.4 Å². The number of hydrogen-bond donors (Lipinski definition) is 0. The third kappa shape index (κ3) is 4.33. The fraction of sp³-hybridized carbons (Fsp3) is 0.450. The van der Waals surface area contributed by atoms with E-state index in [1.165, 1.54) is 4.68 Å². The monoisotopic (exact) mass is 389 g/mol. The first-order chi connectivity index (χ1) is 12.9. The number of nitrogens with zero attached hydrogens (tertiary/aromatic N) is 3. The molecule has 2 atom stereocenters. The van der Waals surface area contributed by atoms with Gasteiger partial charge in [-0.3, -0.25) is 4.79 Å². The van der Waals surface area contributed by atoms with Crippen molar-refractivity contribution in [2.24, 2.45) is 11.8 Å². The van der Waals surface area contributed by atoms with Gasteiger partial charge in [0.15, 0.2) is 6.61 Å². The van der Waals surface area contributed by atoms with Crippen molar-refractivity contribution in [1.82, 2.24) is 14.7 Å². The number of rotatable bonds is 4. The molecule has 0 spiro atoms. The topological polar surface area (TPSA) is 64.4 Å². The first kappa shape index (κ1) is 19.4. The number of likely N-dealkylation sites (tertiary alicyclic amines) is 1. The molecule has 6 nitrogen and oxygen atoms in total. The number of ether oxygens (including phenoxy) is 1. The standard InChI is InChI=1S/C20H24ClN3O3/c1-13-9-14(2)11-23(10-13)17(25)12-27-20(26)18-15(3)22-24(19(18)21)16-7-5-4-6-8-16/h4-8,13-14H,9-12H2,1-3H3/t13-,14-/m0/s1. The van der Waals surface area contributed by atoms with Crippen molar-refractivity contribution < 1.29 is 14.3 Å². The summed E-state index contributed by atoms with van der Waals surface area (Å²) in [7, 11) is 0. The molecule has 0 saturated carbocycles. The van der Waals surface area contributed by atoms with Crippen LogP contribution in [0, 0.1) is 18.8 Å². The van der Waals surface area contributed by atoms with Gasteiger partial charge in [-0.2, -0.15) is 5.10 Å². The van der Waals surface area contributed by atoms with Crippen LogP contribution in [0.25, 0.3) is 5.69 Å². The van der Waals surface area contributed by atoms with Gasteiger partial charge in [-0.15, -0.1) is 0 Å². The van der Waals surface area contributed by atoms with Crippen molar-refractivity contribution in [2.45, 2.75) is 27.2 Å². The molecule has 7 heteroatoms. The second-order valence-electron chi connectivity index (χ2n) is 7.32. The van der Waals surface area contributed by atoms with Gasteiger partial charge < -0.3 is 9.64 Å². The Labute approximate surface area is 164 Å². The Balaban J connectivity index is 1.68. The van der Waals surface area contributed by atoms with Crippen LogP contribution in [0.3, 0.4) is 0 Å². The summed E-state index contributed by atoms with van der Waals surface area (Å²) in [5.41, 5.74) is 1.40. The van der Waals surface area contributed by atoms with E-state index in [1.807, 2.05) is 30.3 Å². The minimum Gasteiger partial charge on any atom is -0.452 e. The molecule has 3 rings (SSSR count). The highest BCUT2D eigenvalue weighted by Crippen LogP contribution is 2.25. The second-order valence-corrected chi connectivity index (χ2v) is 7.68. The third-order valence-electron chi connectivity index (χ3n) is 4.76. The van der Waals surface area contributed by atoms with E-state index >= 15 is 0 Å². The molecule has 144 valence electrons. The zero-order valence-corrected chi connectivity index (χ0v) is 16.6. The van der Waals surface area contributed by atoms with E-state index in [0.29, 0.717) is 30.6 Å². The highest BCUT2D eigenvalue weighted by atomic mass is 35.5. The lowest BCUT2D eigenvalue weighted by Gasteiger charge is -2.34. The molecular formula is C20H24ClN3O3. The number of aryl methyl sites for hydroxylation is 1. The Morgan fingerprint density at radius 1 is 1.19 bits per heavy atom. The zero-order valence-electron chi connectivity index (χ0n) is 15.8. The molecular weight excluding hydrogens is 366 g/mol. The summed E-state index contributed by atoms with van der Waals surface area (Å²) in [5.74, 6) is 0.0977. The molecule has 1 fully saturated rings. The van der Waals surface area contributed by atoms with Crippen LogP contribution in [0.15, 0.2) is 30.3 Å². The summed E-state index contributed by atoms with van der Waals surface area (Å²) in [4.78, 5) is 26.7. The van der Waals surface area contributed by atoms with Gasteiger partial charge >= 0.3 is 5.97 Å². The molecule has 0 aliphatic carbocycles. The van der Waals surface area contributed by atoms with Crippen LogP contribution in [0.2, 0.25) is 5.15 Å². The van der Waals surface area contributed by atoms with Gasteiger partial charge in [-0.1, -0.05) is 43.6 Å². The average molecular weight is 390 g/mol. The Hall–Kier alpha value is -2.34. The van der Waals surface area contributed by atoms with Crippen LogP contribution >= 0.6 is 11.6 Å². The lowest BCUT2D eigenvalue weighted by Crippen LogP contribution is -2.44. The number of para-hydroxylation sites is 1. The summed E-state index contributed by atoms with van der Waals surface area (Å²) in [6.07, 6.45) is 1.11. The molecule has 0 bridgehead atoms. The van der Waals surface area contributed by atoms with E-state index in [4.69, 9.17) is 16.3 Å². The molecule has 1 aromatic carbocycles. The fourth-order valence-corrected chi connectivity index (χ4v) is 3.98. The van der Waals surface area contributed by atoms with Gasteiger partial charge in [0.25, 0.3) is 5.91 Å². The van der Waals surface area contributed by atoms with Crippen LogP contribution < -0.4 is 0 Å². The Kier molecular flexibility index (Phi) is 5.85. The van der Waals surface area contributed by atoms with E-state index in [-0.39, 0.29) is 23.2 Å². The van der Waals surface area contributed by atoms with Crippen molar-refractivity contribution >= 4 is 23.5 Å². The van der Waals surface area contributed by atoms with Gasteiger partial charge in [-0.25, -0.2) is 9.48 Å². The molecule has 2 aromatic rings. The maximum atomic E-state index is 12.5. The minimum absolute atomic E-state index is 0.175. The van der Waals surface area contributed by atoms with Crippen molar-refractivity contribution in [3.05, 3.63) is 46.7 Å². The average Bonchev–Trinajstić information content (AvgIpc) is 2.93. The molecule has 27 heavy (non-hydrogen) atoms. The number of hydrogen-bond acceptors (Lipinski definition) is 4. The highest BCUT2D eigenvalue weighted by molar-refractivity contribution is 6.33. The van der Waals surface area contributed by atoms with Crippen LogP contribution in [0.1, 0.15) is 36.3 Å². The first-order valence-electron chi connectivity index (χ1n) is 9.12. The number of benzene rings is 1. The highest BCUT2D eigenvalue weighted by Gasteiger charge is 2.27. The molecule has 0 N–H and O–H groups in total. The fourth-order valence-electron chi connectivity index (χ4n) is 3.63. The lowest BCUT2D eigenvalue weighted by atomic mass is 9.92. The van der Waals surface area contributed by atoms with Crippen LogP contribution in [0.4, 0.5) is 0 Å². The van der Waals surface area contributed by atoms with E-state index in [2.05, 4.69) is 18.9 Å². The van der Waals surface area contributed by atoms with E-state index in [0.717, 1.165) is 12.1 Å². The summed E-state index contributed by atoms with van der Waals surface area (Å²) >= 11 is 6.37.